The number of carbonyl (C=O) groups is 1. The molecule has 2 rings (SSSR count). The summed E-state index contributed by atoms with van der Waals surface area (Å²) in [7, 11) is 0. The minimum absolute atomic E-state index is 0.00712. The van der Waals surface area contributed by atoms with Crippen LogP contribution in [0.1, 0.15) is 45.4 Å². The van der Waals surface area contributed by atoms with Gasteiger partial charge in [0.1, 0.15) is 0 Å². The number of likely N-dealkylation sites (tertiary alicyclic amines) is 1. The van der Waals surface area contributed by atoms with Crippen LogP contribution in [0.4, 0.5) is 0 Å². The Balaban J connectivity index is 1.94. The summed E-state index contributed by atoms with van der Waals surface area (Å²) >= 11 is 0. The largest absolute Gasteiger partial charge is 0.466 e. The average Bonchev–Trinajstić information content (AvgIpc) is 2.47. The van der Waals surface area contributed by atoms with Crippen LogP contribution in [0.3, 0.4) is 0 Å². The third-order valence-electron chi connectivity index (χ3n) is 4.71. The van der Waals surface area contributed by atoms with Crippen molar-refractivity contribution in [2.45, 2.75) is 51.5 Å². The number of hydrogen-bond acceptors (Lipinski definition) is 4. The number of nitrogens with two attached hydrogens (primary N) is 1. The Labute approximate surface area is 116 Å². The van der Waals surface area contributed by atoms with Gasteiger partial charge in [0.05, 0.1) is 12.5 Å². The molecule has 1 saturated heterocycles. The van der Waals surface area contributed by atoms with E-state index in [1.807, 2.05) is 6.92 Å². The van der Waals surface area contributed by atoms with E-state index in [1.165, 1.54) is 25.7 Å². The van der Waals surface area contributed by atoms with Gasteiger partial charge < -0.3 is 10.5 Å². The van der Waals surface area contributed by atoms with Gasteiger partial charge in [-0.15, -0.1) is 0 Å². The summed E-state index contributed by atoms with van der Waals surface area (Å²) in [6, 6.07) is 0.593. The van der Waals surface area contributed by atoms with Crippen molar-refractivity contribution in [1.82, 2.24) is 4.90 Å². The SMILES string of the molecule is CCOC(=O)C1CCCN(C2CCCCC2CN)C1. The molecule has 0 bridgehead atoms. The first-order chi connectivity index (χ1) is 9.26. The molecule has 0 radical (unpaired) electrons. The molecular formula is C15H28N2O2. The maximum Gasteiger partial charge on any atom is 0.310 e. The first-order valence-corrected chi connectivity index (χ1v) is 7.87. The zero-order chi connectivity index (χ0) is 13.7. The Morgan fingerprint density at radius 2 is 2.05 bits per heavy atom. The molecule has 1 aliphatic heterocycles. The predicted molar refractivity (Wildman–Crippen MR) is 75.7 cm³/mol. The van der Waals surface area contributed by atoms with Crippen molar-refractivity contribution in [3.8, 4) is 0 Å². The van der Waals surface area contributed by atoms with Crippen molar-refractivity contribution < 1.29 is 9.53 Å². The summed E-state index contributed by atoms with van der Waals surface area (Å²) in [6.45, 7) is 5.15. The Morgan fingerprint density at radius 1 is 1.26 bits per heavy atom. The number of carbonyl (C=O) groups excluding carboxylic acids is 1. The lowest BCUT2D eigenvalue weighted by molar-refractivity contribution is -0.150. The maximum atomic E-state index is 11.9. The minimum atomic E-state index is -0.00712. The molecule has 0 aromatic rings. The van der Waals surface area contributed by atoms with E-state index >= 15 is 0 Å². The third kappa shape index (κ3) is 3.69. The van der Waals surface area contributed by atoms with Gasteiger partial charge in [-0.2, -0.15) is 0 Å². The topological polar surface area (TPSA) is 55.6 Å². The summed E-state index contributed by atoms with van der Waals surface area (Å²) in [6.07, 6.45) is 7.21. The van der Waals surface area contributed by atoms with E-state index in [0.29, 0.717) is 18.6 Å². The second-order valence-corrected chi connectivity index (χ2v) is 5.93. The van der Waals surface area contributed by atoms with Crippen LogP contribution in [0.2, 0.25) is 0 Å². The quantitative estimate of drug-likeness (QED) is 0.790. The molecule has 2 N–H and O–H groups in total. The Hall–Kier alpha value is -0.610. The van der Waals surface area contributed by atoms with Crippen molar-refractivity contribution in [1.29, 1.82) is 0 Å². The Bertz CT molecular complexity index is 296. The molecule has 110 valence electrons. The molecule has 4 heteroatoms. The number of hydrogen-bond donors (Lipinski definition) is 1. The zero-order valence-corrected chi connectivity index (χ0v) is 12.1. The van der Waals surface area contributed by atoms with Gasteiger partial charge in [-0.1, -0.05) is 12.8 Å². The van der Waals surface area contributed by atoms with Gasteiger partial charge in [-0.05, 0) is 51.6 Å². The van der Waals surface area contributed by atoms with E-state index in [2.05, 4.69) is 4.90 Å². The van der Waals surface area contributed by atoms with Gasteiger partial charge in [-0.25, -0.2) is 0 Å². The monoisotopic (exact) mass is 268 g/mol. The van der Waals surface area contributed by atoms with Crippen LogP contribution in [0.15, 0.2) is 0 Å². The standard InChI is InChI=1S/C15H28N2O2/c1-2-19-15(18)13-7-5-9-17(11-13)14-8-4-3-6-12(14)10-16/h12-14H,2-11,16H2,1H3. The lowest BCUT2D eigenvalue weighted by Gasteiger charge is -2.43. The number of esters is 1. The highest BCUT2D eigenvalue weighted by Gasteiger charge is 2.34. The molecular weight excluding hydrogens is 240 g/mol. The van der Waals surface area contributed by atoms with Gasteiger partial charge in [0.15, 0.2) is 0 Å². The van der Waals surface area contributed by atoms with Crippen molar-refractivity contribution in [3.63, 3.8) is 0 Å². The van der Waals surface area contributed by atoms with E-state index in [1.54, 1.807) is 0 Å². The van der Waals surface area contributed by atoms with Gasteiger partial charge in [0.25, 0.3) is 0 Å². The lowest BCUT2D eigenvalue weighted by atomic mass is 9.82. The molecule has 4 nitrogen and oxygen atoms in total. The Kier molecular flexibility index (Phi) is 5.64. The molecule has 3 unspecified atom stereocenters. The molecule has 0 aromatic carbocycles. The zero-order valence-electron chi connectivity index (χ0n) is 12.1. The van der Waals surface area contributed by atoms with Gasteiger partial charge in [-0.3, -0.25) is 9.69 Å². The highest BCUT2D eigenvalue weighted by atomic mass is 16.5. The number of ether oxygens (including phenoxy) is 1. The minimum Gasteiger partial charge on any atom is -0.466 e. The normalized spacial score (nSPS) is 33.1. The number of piperidine rings is 1. The fourth-order valence-corrected chi connectivity index (χ4v) is 3.70. The molecule has 19 heavy (non-hydrogen) atoms. The van der Waals surface area contributed by atoms with E-state index in [4.69, 9.17) is 10.5 Å². The van der Waals surface area contributed by atoms with Crippen molar-refractivity contribution in [2.75, 3.05) is 26.2 Å². The smallest absolute Gasteiger partial charge is 0.310 e. The van der Waals surface area contributed by atoms with Crippen LogP contribution < -0.4 is 5.73 Å². The van der Waals surface area contributed by atoms with Crippen LogP contribution in [-0.2, 0) is 9.53 Å². The van der Waals surface area contributed by atoms with Crippen molar-refractivity contribution in [3.05, 3.63) is 0 Å². The molecule has 0 spiro atoms. The molecule has 2 aliphatic rings. The maximum absolute atomic E-state index is 11.9. The molecule has 3 atom stereocenters. The molecule has 0 amide bonds. The molecule has 2 fully saturated rings. The lowest BCUT2D eigenvalue weighted by Crippen LogP contribution is -2.50. The van der Waals surface area contributed by atoms with Gasteiger partial charge in [0.2, 0.25) is 0 Å². The Morgan fingerprint density at radius 3 is 2.79 bits per heavy atom. The van der Waals surface area contributed by atoms with Crippen LogP contribution in [-0.4, -0.2) is 43.2 Å². The first kappa shape index (κ1) is 14.8. The van der Waals surface area contributed by atoms with Crippen LogP contribution >= 0.6 is 0 Å². The van der Waals surface area contributed by atoms with Gasteiger partial charge in [0, 0.05) is 12.6 Å². The second-order valence-electron chi connectivity index (χ2n) is 5.93. The number of rotatable bonds is 4. The highest BCUT2D eigenvalue weighted by Crippen LogP contribution is 2.31. The molecule has 0 aromatic heterocycles. The molecule has 1 saturated carbocycles. The second kappa shape index (κ2) is 7.25. The highest BCUT2D eigenvalue weighted by molar-refractivity contribution is 5.72. The summed E-state index contributed by atoms with van der Waals surface area (Å²) in [4.78, 5) is 14.4. The fourth-order valence-electron chi connectivity index (χ4n) is 3.70. The third-order valence-corrected chi connectivity index (χ3v) is 4.71. The first-order valence-electron chi connectivity index (χ1n) is 7.87. The predicted octanol–water partition coefficient (Wildman–Crippen LogP) is 1.78. The van der Waals surface area contributed by atoms with E-state index in [-0.39, 0.29) is 11.9 Å². The van der Waals surface area contributed by atoms with E-state index < -0.39 is 0 Å². The van der Waals surface area contributed by atoms with E-state index in [0.717, 1.165) is 32.5 Å². The van der Waals surface area contributed by atoms with Crippen molar-refractivity contribution in [2.24, 2.45) is 17.6 Å². The van der Waals surface area contributed by atoms with E-state index in [9.17, 15) is 4.79 Å². The summed E-state index contributed by atoms with van der Waals surface area (Å²) < 4.78 is 5.18. The van der Waals surface area contributed by atoms with Crippen LogP contribution in [0, 0.1) is 11.8 Å². The average molecular weight is 268 g/mol. The summed E-state index contributed by atoms with van der Waals surface area (Å²) in [5, 5.41) is 0. The fraction of sp³-hybridized carbons (Fsp3) is 0.933. The molecule has 1 aliphatic carbocycles. The number of nitrogens with zero attached hydrogens (tertiary/aromatic N) is 1. The van der Waals surface area contributed by atoms with Crippen LogP contribution in [0.5, 0.6) is 0 Å². The summed E-state index contributed by atoms with van der Waals surface area (Å²) in [5.41, 5.74) is 5.92. The van der Waals surface area contributed by atoms with Gasteiger partial charge >= 0.3 is 5.97 Å². The summed E-state index contributed by atoms with van der Waals surface area (Å²) in [5.74, 6) is 0.691. The van der Waals surface area contributed by atoms with Crippen LogP contribution in [0.25, 0.3) is 0 Å². The van der Waals surface area contributed by atoms with Crippen molar-refractivity contribution >= 4 is 5.97 Å². The molecule has 1 heterocycles.